The standard InChI is InChI=1S/C13H18BrNO2/c1-8(15-10-6-11(16)7-10)9-3-4-13(17-2)12(14)5-9/h3-5,8,10-11,15-16H,6-7H2,1-2H3. The number of benzene rings is 1. The van der Waals surface area contributed by atoms with Crippen molar-refractivity contribution in [1.82, 2.24) is 5.32 Å². The fourth-order valence-corrected chi connectivity index (χ4v) is 2.68. The first kappa shape index (κ1) is 12.9. The molecule has 1 aliphatic rings. The van der Waals surface area contributed by atoms with Crippen LogP contribution in [0.4, 0.5) is 0 Å². The Kier molecular flexibility index (Phi) is 4.07. The van der Waals surface area contributed by atoms with Crippen molar-refractivity contribution < 1.29 is 9.84 Å². The lowest BCUT2D eigenvalue weighted by atomic mass is 9.88. The van der Waals surface area contributed by atoms with Crippen LogP contribution in [0.3, 0.4) is 0 Å². The number of hydrogen-bond acceptors (Lipinski definition) is 3. The first-order valence-electron chi connectivity index (χ1n) is 5.87. The van der Waals surface area contributed by atoms with Crippen LogP contribution in [0.2, 0.25) is 0 Å². The number of hydrogen-bond donors (Lipinski definition) is 2. The summed E-state index contributed by atoms with van der Waals surface area (Å²) in [6.45, 7) is 2.14. The van der Waals surface area contributed by atoms with Gasteiger partial charge < -0.3 is 15.2 Å². The minimum absolute atomic E-state index is 0.109. The largest absolute Gasteiger partial charge is 0.496 e. The van der Waals surface area contributed by atoms with Crippen LogP contribution in [0.15, 0.2) is 22.7 Å². The molecule has 1 atom stereocenters. The third kappa shape index (κ3) is 3.00. The molecule has 1 aromatic carbocycles. The molecule has 2 rings (SSSR count). The molecule has 0 radical (unpaired) electrons. The van der Waals surface area contributed by atoms with Gasteiger partial charge in [-0.2, -0.15) is 0 Å². The molecular weight excluding hydrogens is 282 g/mol. The van der Waals surface area contributed by atoms with E-state index in [0.717, 1.165) is 23.1 Å². The van der Waals surface area contributed by atoms with Gasteiger partial charge in [-0.3, -0.25) is 0 Å². The summed E-state index contributed by atoms with van der Waals surface area (Å²) in [6, 6.07) is 6.84. The Morgan fingerprint density at radius 1 is 1.47 bits per heavy atom. The van der Waals surface area contributed by atoms with Crippen molar-refractivity contribution in [3.05, 3.63) is 28.2 Å². The maximum Gasteiger partial charge on any atom is 0.133 e. The van der Waals surface area contributed by atoms with Gasteiger partial charge in [0.1, 0.15) is 5.75 Å². The predicted molar refractivity (Wildman–Crippen MR) is 71.3 cm³/mol. The topological polar surface area (TPSA) is 41.5 Å². The molecule has 0 heterocycles. The van der Waals surface area contributed by atoms with Crippen molar-refractivity contribution in [2.45, 2.75) is 38.0 Å². The monoisotopic (exact) mass is 299 g/mol. The first-order chi connectivity index (χ1) is 8.10. The fourth-order valence-electron chi connectivity index (χ4n) is 2.13. The first-order valence-corrected chi connectivity index (χ1v) is 6.67. The van der Waals surface area contributed by atoms with Crippen LogP contribution in [0, 0.1) is 0 Å². The van der Waals surface area contributed by atoms with Crippen molar-refractivity contribution in [3.63, 3.8) is 0 Å². The van der Waals surface area contributed by atoms with Gasteiger partial charge in [-0.05, 0) is 53.4 Å². The Bertz CT molecular complexity index is 391. The quantitative estimate of drug-likeness (QED) is 0.898. The second-order valence-electron chi connectivity index (χ2n) is 4.60. The van der Waals surface area contributed by atoms with Crippen molar-refractivity contribution in [1.29, 1.82) is 0 Å². The maximum absolute atomic E-state index is 9.25. The summed E-state index contributed by atoms with van der Waals surface area (Å²) in [5.74, 6) is 0.847. The van der Waals surface area contributed by atoms with Crippen molar-refractivity contribution >= 4 is 15.9 Å². The second kappa shape index (κ2) is 5.38. The highest BCUT2D eigenvalue weighted by Crippen LogP contribution is 2.29. The molecule has 0 saturated heterocycles. The average molecular weight is 300 g/mol. The fraction of sp³-hybridized carbons (Fsp3) is 0.538. The molecule has 0 spiro atoms. The molecule has 1 aromatic rings. The van der Waals surface area contributed by atoms with Gasteiger partial charge in [0.2, 0.25) is 0 Å². The van der Waals surface area contributed by atoms with Crippen LogP contribution in [-0.4, -0.2) is 24.4 Å². The second-order valence-corrected chi connectivity index (χ2v) is 5.46. The van der Waals surface area contributed by atoms with Gasteiger partial charge in [-0.25, -0.2) is 0 Å². The third-order valence-corrected chi connectivity index (χ3v) is 3.89. The lowest BCUT2D eigenvalue weighted by Crippen LogP contribution is -2.45. The molecule has 0 aromatic heterocycles. The molecule has 1 aliphatic carbocycles. The summed E-state index contributed by atoms with van der Waals surface area (Å²) in [7, 11) is 1.66. The van der Waals surface area contributed by atoms with Crippen LogP contribution in [-0.2, 0) is 0 Å². The Balaban J connectivity index is 1.99. The van der Waals surface area contributed by atoms with Crippen molar-refractivity contribution in [2.24, 2.45) is 0 Å². The molecule has 94 valence electrons. The Morgan fingerprint density at radius 2 is 2.18 bits per heavy atom. The third-order valence-electron chi connectivity index (χ3n) is 3.27. The number of ether oxygens (including phenoxy) is 1. The number of aliphatic hydroxyl groups excluding tert-OH is 1. The predicted octanol–water partition coefficient (Wildman–Crippen LogP) is 2.63. The Morgan fingerprint density at radius 3 is 2.71 bits per heavy atom. The van der Waals surface area contributed by atoms with Crippen LogP contribution in [0.5, 0.6) is 5.75 Å². The van der Waals surface area contributed by atoms with Crippen LogP contribution < -0.4 is 10.1 Å². The van der Waals surface area contributed by atoms with Gasteiger partial charge in [0.25, 0.3) is 0 Å². The number of rotatable bonds is 4. The van der Waals surface area contributed by atoms with Crippen LogP contribution in [0.1, 0.15) is 31.4 Å². The zero-order valence-electron chi connectivity index (χ0n) is 10.1. The molecular formula is C13H18BrNO2. The van der Waals surface area contributed by atoms with Crippen molar-refractivity contribution in [2.75, 3.05) is 7.11 Å². The van der Waals surface area contributed by atoms with Crippen LogP contribution in [0.25, 0.3) is 0 Å². The van der Waals surface area contributed by atoms with E-state index in [1.54, 1.807) is 7.11 Å². The summed E-state index contributed by atoms with van der Waals surface area (Å²) in [5.41, 5.74) is 1.22. The van der Waals surface area contributed by atoms with Gasteiger partial charge in [0.15, 0.2) is 0 Å². The molecule has 1 saturated carbocycles. The van der Waals surface area contributed by atoms with E-state index >= 15 is 0 Å². The van der Waals surface area contributed by atoms with E-state index in [9.17, 15) is 5.11 Å². The van der Waals surface area contributed by atoms with Gasteiger partial charge >= 0.3 is 0 Å². The van der Waals surface area contributed by atoms with E-state index in [0.29, 0.717) is 6.04 Å². The molecule has 0 amide bonds. The van der Waals surface area contributed by atoms with E-state index in [4.69, 9.17) is 4.74 Å². The van der Waals surface area contributed by atoms with Crippen LogP contribution >= 0.6 is 15.9 Å². The van der Waals surface area contributed by atoms with E-state index in [1.807, 2.05) is 6.07 Å². The lowest BCUT2D eigenvalue weighted by molar-refractivity contribution is 0.0586. The summed E-state index contributed by atoms with van der Waals surface area (Å²) in [6.07, 6.45) is 1.62. The summed E-state index contributed by atoms with van der Waals surface area (Å²) < 4.78 is 6.18. The summed E-state index contributed by atoms with van der Waals surface area (Å²) in [5, 5.41) is 12.8. The lowest BCUT2D eigenvalue weighted by Gasteiger charge is -2.34. The number of methoxy groups -OCH3 is 1. The average Bonchev–Trinajstić information content (AvgIpc) is 2.26. The molecule has 0 aliphatic heterocycles. The Hall–Kier alpha value is -0.580. The van der Waals surface area contributed by atoms with E-state index in [2.05, 4.69) is 40.3 Å². The number of nitrogens with one attached hydrogen (secondary N) is 1. The van der Waals surface area contributed by atoms with E-state index < -0.39 is 0 Å². The Labute approximate surface area is 110 Å². The SMILES string of the molecule is COc1ccc(C(C)NC2CC(O)C2)cc1Br. The molecule has 2 N–H and O–H groups in total. The highest BCUT2D eigenvalue weighted by atomic mass is 79.9. The smallest absolute Gasteiger partial charge is 0.133 e. The molecule has 1 fully saturated rings. The summed E-state index contributed by atoms with van der Waals surface area (Å²) >= 11 is 3.49. The number of halogens is 1. The zero-order chi connectivity index (χ0) is 12.4. The van der Waals surface area contributed by atoms with Gasteiger partial charge in [-0.15, -0.1) is 0 Å². The van der Waals surface area contributed by atoms with E-state index in [-0.39, 0.29) is 12.1 Å². The van der Waals surface area contributed by atoms with Crippen molar-refractivity contribution in [3.8, 4) is 5.75 Å². The molecule has 3 nitrogen and oxygen atoms in total. The summed E-state index contributed by atoms with van der Waals surface area (Å²) in [4.78, 5) is 0. The molecule has 4 heteroatoms. The highest BCUT2D eigenvalue weighted by molar-refractivity contribution is 9.10. The molecule has 1 unspecified atom stereocenters. The van der Waals surface area contributed by atoms with Gasteiger partial charge in [0.05, 0.1) is 17.7 Å². The molecule has 17 heavy (non-hydrogen) atoms. The van der Waals surface area contributed by atoms with E-state index in [1.165, 1.54) is 5.56 Å². The highest BCUT2D eigenvalue weighted by Gasteiger charge is 2.28. The normalized spacial score (nSPS) is 25.2. The minimum atomic E-state index is -0.109. The zero-order valence-corrected chi connectivity index (χ0v) is 11.7. The van der Waals surface area contributed by atoms with Gasteiger partial charge in [0, 0.05) is 12.1 Å². The maximum atomic E-state index is 9.25. The molecule has 0 bridgehead atoms. The minimum Gasteiger partial charge on any atom is -0.496 e. The van der Waals surface area contributed by atoms with Gasteiger partial charge in [-0.1, -0.05) is 6.07 Å². The number of aliphatic hydroxyl groups is 1.